The number of ether oxygens (including phenoxy) is 15. The summed E-state index contributed by atoms with van der Waals surface area (Å²) in [6, 6.07) is 0. The zero-order valence-corrected chi connectivity index (χ0v) is 37.0. The van der Waals surface area contributed by atoms with Crippen LogP contribution in [0.4, 0.5) is 0 Å². The maximum Gasteiger partial charge on any atom is 0.303 e. The highest BCUT2D eigenvalue weighted by molar-refractivity contribution is 5.70. The van der Waals surface area contributed by atoms with Crippen molar-refractivity contribution in [3.63, 3.8) is 0 Å². The molecule has 0 aliphatic carbocycles. The van der Waals surface area contributed by atoms with Gasteiger partial charge in [0, 0.05) is 69.2 Å². The van der Waals surface area contributed by atoms with Gasteiger partial charge in [0.2, 0.25) is 0 Å². The van der Waals surface area contributed by atoms with Crippen molar-refractivity contribution in [2.24, 2.45) is 0 Å². The van der Waals surface area contributed by atoms with Gasteiger partial charge in [-0.3, -0.25) is 47.9 Å². The van der Waals surface area contributed by atoms with E-state index in [1.54, 1.807) is 0 Å². The van der Waals surface area contributed by atoms with Crippen LogP contribution in [0.25, 0.3) is 0 Å². The van der Waals surface area contributed by atoms with Crippen molar-refractivity contribution in [1.82, 2.24) is 0 Å². The van der Waals surface area contributed by atoms with E-state index >= 15 is 0 Å². The summed E-state index contributed by atoms with van der Waals surface area (Å²) >= 11 is 0. The van der Waals surface area contributed by atoms with Crippen LogP contribution in [0.5, 0.6) is 0 Å². The summed E-state index contributed by atoms with van der Waals surface area (Å²) in [7, 11) is 0. The monoisotopic (exact) mass is 922 g/mol. The van der Waals surface area contributed by atoms with Crippen LogP contribution in [-0.4, -0.2) is 171 Å². The average Bonchev–Trinajstić information content (AvgIpc) is 3.14. The van der Waals surface area contributed by atoms with Crippen LogP contribution in [0.2, 0.25) is 0 Å². The SMILES string of the molecule is CC(=O)OCC1OC(C)C(OC2OC(COC(C)=O)C(OC(C)=O)C(OC(C)=O)C2OC(C)=O)C(OC2OC(COC(C)=O)C(OC(C)=O)C(OC(C)=O)C2OC(C)=O)C1OC(C)=O. The summed E-state index contributed by atoms with van der Waals surface area (Å²) in [4.78, 5) is 124. The zero-order valence-electron chi connectivity index (χ0n) is 37.0. The van der Waals surface area contributed by atoms with Crippen molar-refractivity contribution in [2.45, 2.75) is 168 Å². The van der Waals surface area contributed by atoms with Crippen LogP contribution in [0.1, 0.15) is 76.2 Å². The Kier molecular flexibility index (Phi) is 19.8. The Labute approximate surface area is 366 Å². The Morgan fingerprint density at radius 1 is 0.312 bits per heavy atom. The fourth-order valence-electron chi connectivity index (χ4n) is 7.01. The van der Waals surface area contributed by atoms with Crippen LogP contribution in [0, 0.1) is 0 Å². The topological polar surface area (TPSA) is 309 Å². The van der Waals surface area contributed by atoms with E-state index in [1.165, 1.54) is 6.92 Å². The molecule has 360 valence electrons. The average molecular weight is 923 g/mol. The Morgan fingerprint density at radius 2 is 0.562 bits per heavy atom. The van der Waals surface area contributed by atoms with Gasteiger partial charge in [-0.2, -0.15) is 0 Å². The maximum absolute atomic E-state index is 12.8. The van der Waals surface area contributed by atoms with Crippen molar-refractivity contribution in [3.8, 4) is 0 Å². The van der Waals surface area contributed by atoms with Gasteiger partial charge >= 0.3 is 59.7 Å². The Hall–Kier alpha value is -5.50. The third kappa shape index (κ3) is 15.6. The standard InChI is InChI=1S/C39H54O25/c1-15-29(63-38-36(59-24(10)48)34(57-22(8)46)31(55-20(6)44)27(61-38)13-51-17(3)41)33(30(54-19(5)43)26(53-15)12-50-16(2)40)64-39-37(60-25(11)49)35(58-23(9)47)32(56-21(7)45)28(62-39)14-52-18(4)42/h15,26-39H,12-14H2,1-11H3. The molecule has 3 heterocycles. The summed E-state index contributed by atoms with van der Waals surface area (Å²) in [6.07, 6.45) is -24.8. The Bertz CT molecular complexity index is 1730. The molecule has 3 aliphatic heterocycles. The second-order valence-electron chi connectivity index (χ2n) is 14.6. The van der Waals surface area contributed by atoms with Crippen LogP contribution in [0.3, 0.4) is 0 Å². The first-order valence-electron chi connectivity index (χ1n) is 19.8. The predicted molar refractivity (Wildman–Crippen MR) is 200 cm³/mol. The minimum absolute atomic E-state index is 0.568. The first-order valence-corrected chi connectivity index (χ1v) is 19.8. The van der Waals surface area contributed by atoms with E-state index in [2.05, 4.69) is 0 Å². The van der Waals surface area contributed by atoms with Crippen molar-refractivity contribution in [3.05, 3.63) is 0 Å². The molecule has 0 amide bonds. The second kappa shape index (κ2) is 24.0. The lowest BCUT2D eigenvalue weighted by molar-refractivity contribution is -0.371. The van der Waals surface area contributed by atoms with Gasteiger partial charge in [0.15, 0.2) is 55.3 Å². The van der Waals surface area contributed by atoms with Gasteiger partial charge in [0.25, 0.3) is 0 Å². The molecule has 0 radical (unpaired) electrons. The van der Waals surface area contributed by atoms with Crippen LogP contribution < -0.4 is 0 Å². The molecule has 0 N–H and O–H groups in total. The number of hydrogen-bond acceptors (Lipinski definition) is 25. The molecule has 15 atom stereocenters. The number of carbonyl (C=O) groups excluding carboxylic acids is 10. The lowest BCUT2D eigenvalue weighted by Crippen LogP contribution is -2.68. The van der Waals surface area contributed by atoms with Crippen molar-refractivity contribution >= 4 is 59.7 Å². The molecule has 64 heavy (non-hydrogen) atoms. The molecule has 3 rings (SSSR count). The molecule has 25 heteroatoms. The molecule has 0 aromatic carbocycles. The van der Waals surface area contributed by atoms with E-state index in [4.69, 9.17) is 71.1 Å². The highest BCUT2D eigenvalue weighted by Crippen LogP contribution is 2.38. The minimum atomic E-state index is -1.94. The van der Waals surface area contributed by atoms with Gasteiger partial charge in [0.05, 0.1) is 6.10 Å². The second-order valence-corrected chi connectivity index (χ2v) is 14.6. The molecule has 3 fully saturated rings. The van der Waals surface area contributed by atoms with Crippen LogP contribution in [0.15, 0.2) is 0 Å². The predicted octanol–water partition coefficient (Wildman–Crippen LogP) is -0.795. The van der Waals surface area contributed by atoms with Gasteiger partial charge in [-0.05, 0) is 6.92 Å². The molecule has 25 nitrogen and oxygen atoms in total. The summed E-state index contributed by atoms with van der Waals surface area (Å²) in [6.45, 7) is 9.81. The third-order valence-electron chi connectivity index (χ3n) is 9.10. The number of hydrogen-bond donors (Lipinski definition) is 0. The fraction of sp³-hybridized carbons (Fsp3) is 0.744. The van der Waals surface area contributed by atoms with Gasteiger partial charge in [-0.25, -0.2) is 0 Å². The van der Waals surface area contributed by atoms with Crippen LogP contribution >= 0.6 is 0 Å². The van der Waals surface area contributed by atoms with Crippen LogP contribution in [-0.2, 0) is 119 Å². The zero-order chi connectivity index (χ0) is 48.2. The minimum Gasteiger partial charge on any atom is -0.463 e. The first kappa shape index (κ1) is 52.8. The lowest BCUT2D eigenvalue weighted by atomic mass is 9.93. The van der Waals surface area contributed by atoms with Gasteiger partial charge in [-0.1, -0.05) is 0 Å². The molecule has 0 spiro atoms. The molecule has 15 unspecified atom stereocenters. The van der Waals surface area contributed by atoms with Crippen molar-refractivity contribution in [1.29, 1.82) is 0 Å². The van der Waals surface area contributed by atoms with Gasteiger partial charge in [-0.15, -0.1) is 0 Å². The van der Waals surface area contributed by atoms with E-state index in [-0.39, 0.29) is 0 Å². The smallest absolute Gasteiger partial charge is 0.303 e. The van der Waals surface area contributed by atoms with Gasteiger partial charge in [0.1, 0.15) is 50.3 Å². The number of esters is 10. The molecule has 0 saturated carbocycles. The van der Waals surface area contributed by atoms with Crippen molar-refractivity contribution in [2.75, 3.05) is 19.8 Å². The maximum atomic E-state index is 12.8. The first-order chi connectivity index (χ1) is 29.9. The molecule has 3 aliphatic rings. The Morgan fingerprint density at radius 3 is 0.859 bits per heavy atom. The van der Waals surface area contributed by atoms with E-state index in [0.29, 0.717) is 0 Å². The van der Waals surface area contributed by atoms with E-state index < -0.39 is 171 Å². The third-order valence-corrected chi connectivity index (χ3v) is 9.10. The summed E-state index contributed by atoms with van der Waals surface area (Å²) in [5.74, 6) is -9.04. The highest BCUT2D eigenvalue weighted by Gasteiger charge is 2.59. The lowest BCUT2D eigenvalue weighted by Gasteiger charge is -2.50. The Balaban J connectivity index is 2.31. The van der Waals surface area contributed by atoms with Gasteiger partial charge < -0.3 is 71.1 Å². The quantitative estimate of drug-likeness (QED) is 0.127. The van der Waals surface area contributed by atoms with E-state index in [1.807, 2.05) is 0 Å². The molecule has 3 saturated heterocycles. The van der Waals surface area contributed by atoms with E-state index in [0.717, 1.165) is 69.2 Å². The van der Waals surface area contributed by atoms with Crippen molar-refractivity contribution < 1.29 is 119 Å². The molecular weight excluding hydrogens is 868 g/mol. The molecule has 0 aromatic rings. The summed E-state index contributed by atoms with van der Waals surface area (Å²) in [5.41, 5.74) is 0. The number of carbonyl (C=O) groups is 10. The molecule has 0 aromatic heterocycles. The summed E-state index contributed by atoms with van der Waals surface area (Å²) in [5, 5.41) is 0. The highest BCUT2D eigenvalue weighted by atomic mass is 16.8. The van der Waals surface area contributed by atoms with E-state index in [9.17, 15) is 47.9 Å². The number of rotatable bonds is 17. The summed E-state index contributed by atoms with van der Waals surface area (Å²) < 4.78 is 85.8. The molecular formula is C39H54O25. The largest absolute Gasteiger partial charge is 0.463 e. The normalized spacial score (nSPS) is 32.3. The molecule has 0 bridgehead atoms. The fourth-order valence-corrected chi connectivity index (χ4v) is 7.01.